The van der Waals surface area contributed by atoms with Crippen molar-refractivity contribution in [3.05, 3.63) is 53.7 Å². The van der Waals surface area contributed by atoms with Gasteiger partial charge in [0.25, 0.3) is 0 Å². The molecule has 3 aromatic rings. The van der Waals surface area contributed by atoms with Crippen LogP contribution in [-0.2, 0) is 0 Å². The molecule has 0 aliphatic rings. The maximum atomic E-state index is 11.0. The Balaban J connectivity index is 2.16. The molecule has 5 nitrogen and oxygen atoms in total. The highest BCUT2D eigenvalue weighted by atomic mass is 16.4. The van der Waals surface area contributed by atoms with E-state index >= 15 is 0 Å². The summed E-state index contributed by atoms with van der Waals surface area (Å²) in [5.41, 5.74) is 1.82. The van der Waals surface area contributed by atoms with Gasteiger partial charge in [0.1, 0.15) is 11.6 Å². The number of carbonyl (C=O) groups is 1. The first-order valence-corrected chi connectivity index (χ1v) is 6.33. The molecular weight excluding hydrogens is 256 g/mol. The van der Waals surface area contributed by atoms with Gasteiger partial charge >= 0.3 is 5.97 Å². The number of aryl methyl sites for hydroxylation is 1. The maximum absolute atomic E-state index is 11.0. The smallest absolute Gasteiger partial charge is 0.335 e. The van der Waals surface area contributed by atoms with Crippen molar-refractivity contribution < 1.29 is 14.3 Å². The normalized spacial score (nSPS) is 12.7. The van der Waals surface area contributed by atoms with Gasteiger partial charge in [-0.05, 0) is 44.2 Å². The van der Waals surface area contributed by atoms with Gasteiger partial charge in [0, 0.05) is 0 Å². The summed E-state index contributed by atoms with van der Waals surface area (Å²) in [6.45, 7) is 3.93. The first kappa shape index (κ1) is 12.5. The second-order valence-electron chi connectivity index (χ2n) is 4.73. The van der Waals surface area contributed by atoms with Gasteiger partial charge in [-0.25, -0.2) is 9.78 Å². The highest BCUT2D eigenvalue weighted by Gasteiger charge is 2.17. The average Bonchev–Trinajstić information content (AvgIpc) is 3.03. The number of fused-ring (bicyclic) bond motifs is 1. The van der Waals surface area contributed by atoms with Crippen LogP contribution in [0.5, 0.6) is 0 Å². The van der Waals surface area contributed by atoms with Gasteiger partial charge in [-0.3, -0.25) is 0 Å². The van der Waals surface area contributed by atoms with Crippen molar-refractivity contribution in [2.24, 2.45) is 0 Å². The number of imidazole rings is 1. The third-order valence-electron chi connectivity index (χ3n) is 3.46. The number of nitrogens with zero attached hydrogens (tertiary/aromatic N) is 2. The fourth-order valence-corrected chi connectivity index (χ4v) is 2.50. The lowest BCUT2D eigenvalue weighted by Gasteiger charge is -2.14. The number of rotatable bonds is 3. The first-order valence-electron chi connectivity index (χ1n) is 6.33. The molecule has 0 aliphatic heterocycles. The number of aromatic nitrogens is 2. The number of carboxylic acids is 1. The van der Waals surface area contributed by atoms with Crippen molar-refractivity contribution in [1.29, 1.82) is 0 Å². The molecule has 1 N–H and O–H groups in total. The lowest BCUT2D eigenvalue weighted by atomic mass is 10.2. The van der Waals surface area contributed by atoms with Crippen LogP contribution < -0.4 is 0 Å². The molecule has 1 atom stereocenters. The molecule has 0 saturated carbocycles. The van der Waals surface area contributed by atoms with E-state index in [1.54, 1.807) is 24.5 Å². The Labute approximate surface area is 115 Å². The van der Waals surface area contributed by atoms with Gasteiger partial charge in [0.2, 0.25) is 0 Å². The van der Waals surface area contributed by atoms with Crippen molar-refractivity contribution in [3.63, 3.8) is 0 Å². The molecule has 0 bridgehead atoms. The zero-order chi connectivity index (χ0) is 14.3. The van der Waals surface area contributed by atoms with E-state index in [-0.39, 0.29) is 11.6 Å². The predicted molar refractivity (Wildman–Crippen MR) is 74.0 cm³/mol. The van der Waals surface area contributed by atoms with Crippen molar-refractivity contribution in [3.8, 4) is 0 Å². The Kier molecular flexibility index (Phi) is 2.82. The molecule has 20 heavy (non-hydrogen) atoms. The van der Waals surface area contributed by atoms with Gasteiger partial charge in [-0.1, -0.05) is 0 Å². The van der Waals surface area contributed by atoms with Crippen LogP contribution in [0.2, 0.25) is 0 Å². The molecule has 0 fully saturated rings. The zero-order valence-corrected chi connectivity index (χ0v) is 11.2. The Morgan fingerprint density at radius 1 is 1.40 bits per heavy atom. The SMILES string of the molecule is Cc1nc2cc(C(=O)O)ccc2n1C(C)c1ccco1. The second-order valence-corrected chi connectivity index (χ2v) is 4.73. The van der Waals surface area contributed by atoms with E-state index in [0.29, 0.717) is 5.52 Å². The van der Waals surface area contributed by atoms with Crippen LogP contribution in [0.15, 0.2) is 41.0 Å². The van der Waals surface area contributed by atoms with Gasteiger partial charge in [0.05, 0.1) is 28.9 Å². The molecule has 102 valence electrons. The lowest BCUT2D eigenvalue weighted by molar-refractivity contribution is 0.0697. The molecule has 1 unspecified atom stereocenters. The number of furan rings is 1. The van der Waals surface area contributed by atoms with Gasteiger partial charge in [-0.15, -0.1) is 0 Å². The van der Waals surface area contributed by atoms with Crippen molar-refractivity contribution in [2.75, 3.05) is 0 Å². The predicted octanol–water partition coefficient (Wildman–Crippen LogP) is 3.25. The Morgan fingerprint density at radius 3 is 2.85 bits per heavy atom. The third kappa shape index (κ3) is 1.87. The third-order valence-corrected chi connectivity index (χ3v) is 3.46. The molecule has 0 saturated heterocycles. The Morgan fingerprint density at radius 2 is 2.20 bits per heavy atom. The summed E-state index contributed by atoms with van der Waals surface area (Å²) in [5, 5.41) is 9.03. The van der Waals surface area contributed by atoms with Gasteiger partial charge in [-0.2, -0.15) is 0 Å². The minimum atomic E-state index is -0.946. The molecular formula is C15H14N2O3. The standard InChI is InChI=1S/C15H14N2O3/c1-9(14-4-3-7-20-14)17-10(2)16-12-8-11(15(18)19)5-6-13(12)17/h3-9H,1-2H3,(H,18,19). The Bertz CT molecular complexity index is 772. The van der Waals surface area contributed by atoms with Crippen molar-refractivity contribution in [2.45, 2.75) is 19.9 Å². The number of hydrogen-bond donors (Lipinski definition) is 1. The van der Waals surface area contributed by atoms with E-state index in [0.717, 1.165) is 17.1 Å². The van der Waals surface area contributed by atoms with E-state index in [9.17, 15) is 4.79 Å². The zero-order valence-electron chi connectivity index (χ0n) is 11.2. The number of aromatic carboxylic acids is 1. The summed E-state index contributed by atoms with van der Waals surface area (Å²) in [7, 11) is 0. The van der Waals surface area contributed by atoms with Crippen LogP contribution in [-0.4, -0.2) is 20.6 Å². The summed E-state index contributed by atoms with van der Waals surface area (Å²) in [6, 6.07) is 8.75. The molecule has 0 spiro atoms. The minimum absolute atomic E-state index is 0.00526. The second kappa shape index (κ2) is 4.52. The average molecular weight is 270 g/mol. The molecule has 0 amide bonds. The largest absolute Gasteiger partial charge is 0.478 e. The van der Waals surface area contributed by atoms with Gasteiger partial charge < -0.3 is 14.1 Å². The van der Waals surface area contributed by atoms with E-state index < -0.39 is 5.97 Å². The molecule has 5 heteroatoms. The molecule has 0 radical (unpaired) electrons. The van der Waals surface area contributed by atoms with E-state index in [4.69, 9.17) is 9.52 Å². The van der Waals surface area contributed by atoms with Crippen LogP contribution in [0, 0.1) is 6.92 Å². The fraction of sp³-hybridized carbons (Fsp3) is 0.200. The monoisotopic (exact) mass is 270 g/mol. The lowest BCUT2D eigenvalue weighted by Crippen LogP contribution is -2.07. The molecule has 0 aliphatic carbocycles. The van der Waals surface area contributed by atoms with Crippen LogP contribution in [0.1, 0.15) is 34.9 Å². The Hall–Kier alpha value is -2.56. The van der Waals surface area contributed by atoms with Crippen LogP contribution in [0.3, 0.4) is 0 Å². The number of carboxylic acid groups (broad SMARTS) is 1. The minimum Gasteiger partial charge on any atom is -0.478 e. The van der Waals surface area contributed by atoms with Crippen LogP contribution >= 0.6 is 0 Å². The summed E-state index contributed by atoms with van der Waals surface area (Å²) >= 11 is 0. The summed E-state index contributed by atoms with van der Waals surface area (Å²) in [5.74, 6) is 0.722. The molecule has 2 heterocycles. The number of hydrogen-bond acceptors (Lipinski definition) is 3. The maximum Gasteiger partial charge on any atom is 0.335 e. The summed E-state index contributed by atoms with van der Waals surface area (Å²) in [6.07, 6.45) is 1.64. The van der Waals surface area contributed by atoms with Crippen molar-refractivity contribution >= 4 is 17.0 Å². The van der Waals surface area contributed by atoms with Gasteiger partial charge in [0.15, 0.2) is 0 Å². The summed E-state index contributed by atoms with van der Waals surface area (Å²) in [4.78, 5) is 15.5. The number of benzene rings is 1. The van der Waals surface area contributed by atoms with Crippen molar-refractivity contribution in [1.82, 2.24) is 9.55 Å². The van der Waals surface area contributed by atoms with E-state index in [1.807, 2.05) is 30.5 Å². The molecule has 3 rings (SSSR count). The summed E-state index contributed by atoms with van der Waals surface area (Å²) < 4.78 is 7.48. The van der Waals surface area contributed by atoms with Crippen LogP contribution in [0.4, 0.5) is 0 Å². The first-order chi connectivity index (χ1) is 9.58. The highest BCUT2D eigenvalue weighted by molar-refractivity contribution is 5.92. The molecule has 2 aromatic heterocycles. The van der Waals surface area contributed by atoms with E-state index in [1.165, 1.54) is 0 Å². The highest BCUT2D eigenvalue weighted by Crippen LogP contribution is 2.26. The fourth-order valence-electron chi connectivity index (χ4n) is 2.50. The quantitative estimate of drug-likeness (QED) is 0.793. The van der Waals surface area contributed by atoms with E-state index in [2.05, 4.69) is 4.98 Å². The topological polar surface area (TPSA) is 68.3 Å². The molecule has 1 aromatic carbocycles. The van der Waals surface area contributed by atoms with Crippen LogP contribution in [0.25, 0.3) is 11.0 Å².